The number of ether oxygens (including phenoxy) is 1. The van der Waals surface area contributed by atoms with Crippen molar-refractivity contribution in [1.29, 1.82) is 0 Å². The van der Waals surface area contributed by atoms with E-state index in [-0.39, 0.29) is 5.91 Å². The van der Waals surface area contributed by atoms with Gasteiger partial charge in [0.05, 0.1) is 0 Å². The Hall–Kier alpha value is -2.62. The van der Waals surface area contributed by atoms with Crippen LogP contribution in [0.5, 0.6) is 11.5 Å². The zero-order valence-electron chi connectivity index (χ0n) is 10.4. The molecule has 2 rings (SSSR count). The Bertz CT molecular complexity index is 573. The van der Waals surface area contributed by atoms with Gasteiger partial charge in [-0.25, -0.2) is 0 Å². The molecule has 0 aliphatic carbocycles. The standard InChI is InChI=1S/C15H13NO3/c1-16-15(18)12-4-8-14(9-5-12)19-13-6-2-11(10-17)3-7-13/h2-10H,1H3,(H,16,18). The third-order valence-electron chi connectivity index (χ3n) is 2.60. The SMILES string of the molecule is CNC(=O)c1ccc(Oc2ccc(C=O)cc2)cc1. The number of hydrogen-bond acceptors (Lipinski definition) is 3. The third-order valence-corrected chi connectivity index (χ3v) is 2.60. The minimum atomic E-state index is -0.137. The smallest absolute Gasteiger partial charge is 0.251 e. The summed E-state index contributed by atoms with van der Waals surface area (Å²) in [4.78, 5) is 21.9. The van der Waals surface area contributed by atoms with Crippen molar-refractivity contribution >= 4 is 12.2 Å². The average Bonchev–Trinajstić information content (AvgIpc) is 2.48. The molecule has 1 N–H and O–H groups in total. The molecule has 0 heterocycles. The highest BCUT2D eigenvalue weighted by atomic mass is 16.5. The van der Waals surface area contributed by atoms with Crippen LogP contribution in [0.2, 0.25) is 0 Å². The lowest BCUT2D eigenvalue weighted by atomic mass is 10.2. The van der Waals surface area contributed by atoms with E-state index in [0.29, 0.717) is 22.6 Å². The Kier molecular flexibility index (Phi) is 3.93. The molecule has 0 spiro atoms. The molecule has 0 fully saturated rings. The Morgan fingerprint density at radius 1 is 1.00 bits per heavy atom. The number of hydrogen-bond donors (Lipinski definition) is 1. The largest absolute Gasteiger partial charge is 0.457 e. The molecule has 0 saturated heterocycles. The predicted octanol–water partition coefficient (Wildman–Crippen LogP) is 2.65. The van der Waals surface area contributed by atoms with Gasteiger partial charge in [-0.05, 0) is 48.5 Å². The molecule has 0 saturated carbocycles. The third kappa shape index (κ3) is 3.19. The van der Waals surface area contributed by atoms with Crippen LogP contribution in [-0.2, 0) is 0 Å². The Labute approximate surface area is 111 Å². The fraction of sp³-hybridized carbons (Fsp3) is 0.0667. The summed E-state index contributed by atoms with van der Waals surface area (Å²) in [6, 6.07) is 13.6. The number of carbonyl (C=O) groups excluding carboxylic acids is 2. The maximum atomic E-state index is 11.4. The second-order valence-corrected chi connectivity index (χ2v) is 3.89. The van der Waals surface area contributed by atoms with Crippen LogP contribution in [0.4, 0.5) is 0 Å². The first-order chi connectivity index (χ1) is 9.22. The molecule has 19 heavy (non-hydrogen) atoms. The summed E-state index contributed by atoms with van der Waals surface area (Å²) >= 11 is 0. The zero-order chi connectivity index (χ0) is 13.7. The fourth-order valence-electron chi connectivity index (χ4n) is 1.57. The van der Waals surface area contributed by atoms with Crippen molar-refractivity contribution in [2.75, 3.05) is 7.05 Å². The van der Waals surface area contributed by atoms with Crippen molar-refractivity contribution in [2.45, 2.75) is 0 Å². The minimum Gasteiger partial charge on any atom is -0.457 e. The van der Waals surface area contributed by atoms with Crippen LogP contribution in [0, 0.1) is 0 Å². The van der Waals surface area contributed by atoms with Gasteiger partial charge in [0.15, 0.2) is 0 Å². The second kappa shape index (κ2) is 5.82. The van der Waals surface area contributed by atoms with Crippen LogP contribution in [0.15, 0.2) is 48.5 Å². The first kappa shape index (κ1) is 12.8. The van der Waals surface area contributed by atoms with Crippen LogP contribution >= 0.6 is 0 Å². The molecule has 0 bridgehead atoms. The van der Waals surface area contributed by atoms with Gasteiger partial charge in [0.1, 0.15) is 17.8 Å². The van der Waals surface area contributed by atoms with Gasteiger partial charge in [-0.2, -0.15) is 0 Å². The molecular formula is C15H13NO3. The zero-order valence-corrected chi connectivity index (χ0v) is 10.4. The highest BCUT2D eigenvalue weighted by Crippen LogP contribution is 2.21. The van der Waals surface area contributed by atoms with E-state index < -0.39 is 0 Å². The van der Waals surface area contributed by atoms with Gasteiger partial charge in [-0.15, -0.1) is 0 Å². The summed E-state index contributed by atoms with van der Waals surface area (Å²) in [5.41, 5.74) is 1.17. The van der Waals surface area contributed by atoms with Crippen LogP contribution in [-0.4, -0.2) is 19.2 Å². The van der Waals surface area contributed by atoms with Crippen LogP contribution in [0.25, 0.3) is 0 Å². The Balaban J connectivity index is 2.10. The van der Waals surface area contributed by atoms with Crippen molar-refractivity contribution in [3.05, 3.63) is 59.7 Å². The number of amides is 1. The van der Waals surface area contributed by atoms with Gasteiger partial charge >= 0.3 is 0 Å². The molecule has 2 aromatic rings. The monoisotopic (exact) mass is 255 g/mol. The van der Waals surface area contributed by atoms with E-state index in [2.05, 4.69) is 5.32 Å². The van der Waals surface area contributed by atoms with Gasteiger partial charge in [0, 0.05) is 18.2 Å². The Morgan fingerprint density at radius 3 is 2.00 bits per heavy atom. The maximum absolute atomic E-state index is 11.4. The molecule has 0 aliphatic rings. The number of rotatable bonds is 4. The second-order valence-electron chi connectivity index (χ2n) is 3.89. The molecule has 96 valence electrons. The highest BCUT2D eigenvalue weighted by Gasteiger charge is 2.03. The summed E-state index contributed by atoms with van der Waals surface area (Å²) in [6.07, 6.45) is 0.780. The lowest BCUT2D eigenvalue weighted by molar-refractivity contribution is 0.0962. The number of nitrogens with one attached hydrogen (secondary N) is 1. The predicted molar refractivity (Wildman–Crippen MR) is 71.7 cm³/mol. The fourth-order valence-corrected chi connectivity index (χ4v) is 1.57. The normalized spacial score (nSPS) is 9.74. The van der Waals surface area contributed by atoms with Gasteiger partial charge in [0.25, 0.3) is 5.91 Å². The summed E-state index contributed by atoms with van der Waals surface area (Å²) in [5.74, 6) is 1.13. The van der Waals surface area contributed by atoms with Crippen molar-refractivity contribution in [1.82, 2.24) is 5.32 Å². The molecule has 1 amide bonds. The molecular weight excluding hydrogens is 242 g/mol. The van der Waals surface area contributed by atoms with Crippen molar-refractivity contribution < 1.29 is 14.3 Å². The van der Waals surface area contributed by atoms with E-state index in [1.807, 2.05) is 0 Å². The van der Waals surface area contributed by atoms with E-state index in [4.69, 9.17) is 4.74 Å². The summed E-state index contributed by atoms with van der Waals surface area (Å²) in [5, 5.41) is 2.55. The van der Waals surface area contributed by atoms with Gasteiger partial charge in [-0.1, -0.05) is 0 Å². The molecule has 0 atom stereocenters. The number of carbonyl (C=O) groups is 2. The highest BCUT2D eigenvalue weighted by molar-refractivity contribution is 5.94. The molecule has 0 radical (unpaired) electrons. The lowest BCUT2D eigenvalue weighted by Gasteiger charge is -2.06. The van der Waals surface area contributed by atoms with Crippen LogP contribution in [0.1, 0.15) is 20.7 Å². The van der Waals surface area contributed by atoms with Gasteiger partial charge < -0.3 is 10.1 Å². The molecule has 4 nitrogen and oxygen atoms in total. The minimum absolute atomic E-state index is 0.137. The van der Waals surface area contributed by atoms with Crippen molar-refractivity contribution in [3.63, 3.8) is 0 Å². The van der Waals surface area contributed by atoms with E-state index in [1.54, 1.807) is 55.6 Å². The average molecular weight is 255 g/mol. The number of aldehydes is 1. The summed E-state index contributed by atoms with van der Waals surface area (Å²) in [6.45, 7) is 0. The molecule has 0 unspecified atom stereocenters. The quantitative estimate of drug-likeness (QED) is 0.854. The van der Waals surface area contributed by atoms with Crippen LogP contribution < -0.4 is 10.1 Å². The number of benzene rings is 2. The first-order valence-corrected chi connectivity index (χ1v) is 5.78. The van der Waals surface area contributed by atoms with E-state index in [9.17, 15) is 9.59 Å². The van der Waals surface area contributed by atoms with Crippen LogP contribution in [0.3, 0.4) is 0 Å². The summed E-state index contributed by atoms with van der Waals surface area (Å²) < 4.78 is 5.60. The van der Waals surface area contributed by atoms with Crippen molar-refractivity contribution in [3.8, 4) is 11.5 Å². The van der Waals surface area contributed by atoms with Gasteiger partial charge in [-0.3, -0.25) is 9.59 Å². The molecule has 0 aromatic heterocycles. The first-order valence-electron chi connectivity index (χ1n) is 5.78. The Morgan fingerprint density at radius 2 is 1.53 bits per heavy atom. The lowest BCUT2D eigenvalue weighted by Crippen LogP contribution is -2.17. The summed E-state index contributed by atoms with van der Waals surface area (Å²) in [7, 11) is 1.58. The molecule has 4 heteroatoms. The van der Waals surface area contributed by atoms with Gasteiger partial charge in [0.2, 0.25) is 0 Å². The maximum Gasteiger partial charge on any atom is 0.251 e. The van der Waals surface area contributed by atoms with Crippen molar-refractivity contribution in [2.24, 2.45) is 0 Å². The molecule has 2 aromatic carbocycles. The van der Waals surface area contributed by atoms with E-state index in [0.717, 1.165) is 6.29 Å². The topological polar surface area (TPSA) is 55.4 Å². The van der Waals surface area contributed by atoms with E-state index >= 15 is 0 Å². The molecule has 0 aliphatic heterocycles. The van der Waals surface area contributed by atoms with E-state index in [1.165, 1.54) is 0 Å².